The molecular weight excluding hydrogens is 226 g/mol. The van der Waals surface area contributed by atoms with Crippen molar-refractivity contribution in [1.29, 1.82) is 0 Å². The molecule has 18 heavy (non-hydrogen) atoms. The Bertz CT molecular complexity index is 349. The van der Waals surface area contributed by atoms with Crippen LogP contribution < -0.4 is 5.32 Å². The highest BCUT2D eigenvalue weighted by Gasteiger charge is 2.38. The van der Waals surface area contributed by atoms with Crippen LogP contribution in [0.25, 0.3) is 0 Å². The highest BCUT2D eigenvalue weighted by molar-refractivity contribution is 5.10. The van der Waals surface area contributed by atoms with Crippen molar-refractivity contribution in [2.24, 2.45) is 0 Å². The van der Waals surface area contributed by atoms with E-state index in [4.69, 9.17) is 4.74 Å². The first kappa shape index (κ1) is 13.4. The number of nitrogens with zero attached hydrogens (tertiary/aromatic N) is 2. The molecule has 1 fully saturated rings. The first-order valence-electron chi connectivity index (χ1n) is 6.89. The van der Waals surface area contributed by atoms with Crippen LogP contribution in [-0.2, 0) is 4.74 Å². The molecule has 1 aliphatic heterocycles. The van der Waals surface area contributed by atoms with E-state index in [1.807, 2.05) is 6.20 Å². The summed E-state index contributed by atoms with van der Waals surface area (Å²) in [5.41, 5.74) is 0.819. The molecule has 0 saturated carbocycles. The molecule has 4 heteroatoms. The lowest BCUT2D eigenvalue weighted by molar-refractivity contribution is -0.0906. The zero-order chi connectivity index (χ0) is 12.8. The van der Waals surface area contributed by atoms with Crippen LogP contribution in [-0.4, -0.2) is 28.7 Å². The molecule has 2 heterocycles. The molecule has 4 nitrogen and oxygen atoms in total. The van der Waals surface area contributed by atoms with E-state index >= 15 is 0 Å². The fourth-order valence-electron chi connectivity index (χ4n) is 2.56. The van der Waals surface area contributed by atoms with Gasteiger partial charge in [0.25, 0.3) is 0 Å². The Morgan fingerprint density at radius 1 is 1.44 bits per heavy atom. The summed E-state index contributed by atoms with van der Waals surface area (Å²) in [5.74, 6) is 0. The molecule has 0 aliphatic carbocycles. The standard InChI is InChI=1S/C14H23N3O/c1-3-7-17-13(12-11-15-8-9-16-12)14(2)6-4-5-10-18-14/h8-9,11,13,17H,3-7,10H2,1-2H3. The van der Waals surface area contributed by atoms with E-state index in [1.165, 1.54) is 6.42 Å². The van der Waals surface area contributed by atoms with Crippen molar-refractivity contribution < 1.29 is 4.74 Å². The zero-order valence-corrected chi connectivity index (χ0v) is 11.4. The van der Waals surface area contributed by atoms with Crippen molar-refractivity contribution >= 4 is 0 Å². The van der Waals surface area contributed by atoms with E-state index in [1.54, 1.807) is 12.4 Å². The topological polar surface area (TPSA) is 47.0 Å². The summed E-state index contributed by atoms with van der Waals surface area (Å²) in [7, 11) is 0. The van der Waals surface area contributed by atoms with Gasteiger partial charge in [-0.2, -0.15) is 0 Å². The Labute approximate surface area is 109 Å². The first-order chi connectivity index (χ1) is 8.76. The number of hydrogen-bond donors (Lipinski definition) is 1. The van der Waals surface area contributed by atoms with Crippen LogP contribution in [0, 0.1) is 0 Å². The minimum Gasteiger partial charge on any atom is -0.373 e. The predicted octanol–water partition coefficient (Wildman–Crippen LogP) is 2.48. The van der Waals surface area contributed by atoms with Crippen molar-refractivity contribution in [3.8, 4) is 0 Å². The largest absolute Gasteiger partial charge is 0.373 e. The summed E-state index contributed by atoms with van der Waals surface area (Å²) in [6.45, 7) is 6.18. The second kappa shape index (κ2) is 6.25. The quantitative estimate of drug-likeness (QED) is 0.871. The molecule has 1 saturated heterocycles. The van der Waals surface area contributed by atoms with Crippen molar-refractivity contribution in [2.75, 3.05) is 13.2 Å². The minimum atomic E-state index is -0.163. The Hall–Kier alpha value is -1.00. The van der Waals surface area contributed by atoms with Crippen LogP contribution in [0.3, 0.4) is 0 Å². The van der Waals surface area contributed by atoms with Crippen LogP contribution in [0.2, 0.25) is 0 Å². The van der Waals surface area contributed by atoms with Gasteiger partial charge in [-0.05, 0) is 39.2 Å². The van der Waals surface area contributed by atoms with Gasteiger partial charge < -0.3 is 10.1 Å². The SMILES string of the molecule is CCCNC(c1cnccn1)C1(C)CCCCO1. The van der Waals surface area contributed by atoms with E-state index in [0.717, 1.165) is 38.1 Å². The third-order valence-electron chi connectivity index (χ3n) is 3.59. The summed E-state index contributed by atoms with van der Waals surface area (Å²) < 4.78 is 6.05. The molecule has 0 amide bonds. The zero-order valence-electron chi connectivity index (χ0n) is 11.4. The fraction of sp³-hybridized carbons (Fsp3) is 0.714. The summed E-state index contributed by atoms with van der Waals surface area (Å²) in [6.07, 6.45) is 9.87. The van der Waals surface area contributed by atoms with Gasteiger partial charge in [-0.25, -0.2) is 0 Å². The van der Waals surface area contributed by atoms with Crippen LogP contribution >= 0.6 is 0 Å². The molecular formula is C14H23N3O. The van der Waals surface area contributed by atoms with Crippen LogP contribution in [0.5, 0.6) is 0 Å². The number of aromatic nitrogens is 2. The van der Waals surface area contributed by atoms with Gasteiger partial charge in [-0.1, -0.05) is 6.92 Å². The average molecular weight is 249 g/mol. The normalized spacial score (nSPS) is 25.9. The Morgan fingerprint density at radius 2 is 2.33 bits per heavy atom. The Balaban J connectivity index is 2.18. The molecule has 1 N–H and O–H groups in total. The third-order valence-corrected chi connectivity index (χ3v) is 3.59. The molecule has 2 unspecified atom stereocenters. The van der Waals surface area contributed by atoms with E-state index < -0.39 is 0 Å². The smallest absolute Gasteiger partial charge is 0.0864 e. The second-order valence-corrected chi connectivity index (χ2v) is 5.14. The lowest BCUT2D eigenvalue weighted by atomic mass is 9.86. The van der Waals surface area contributed by atoms with Gasteiger partial charge in [0.05, 0.1) is 23.5 Å². The highest BCUT2D eigenvalue weighted by Crippen LogP contribution is 2.35. The van der Waals surface area contributed by atoms with E-state index in [2.05, 4.69) is 29.1 Å². The fourth-order valence-corrected chi connectivity index (χ4v) is 2.56. The molecule has 0 spiro atoms. The Kier molecular flexibility index (Phi) is 4.66. The average Bonchev–Trinajstić information content (AvgIpc) is 2.41. The number of rotatable bonds is 5. The molecule has 0 radical (unpaired) electrons. The maximum absolute atomic E-state index is 6.05. The van der Waals surface area contributed by atoms with Gasteiger partial charge in [0.1, 0.15) is 0 Å². The van der Waals surface area contributed by atoms with Crippen molar-refractivity contribution in [2.45, 2.75) is 51.2 Å². The molecule has 1 aromatic rings. The summed E-state index contributed by atoms with van der Waals surface area (Å²) in [6, 6.07) is 0.131. The molecule has 1 aromatic heterocycles. The predicted molar refractivity (Wildman–Crippen MR) is 71.3 cm³/mol. The summed E-state index contributed by atoms with van der Waals surface area (Å²) in [5, 5.41) is 3.57. The van der Waals surface area contributed by atoms with E-state index in [9.17, 15) is 0 Å². The van der Waals surface area contributed by atoms with Gasteiger partial charge in [0.15, 0.2) is 0 Å². The minimum absolute atomic E-state index is 0.131. The van der Waals surface area contributed by atoms with Gasteiger partial charge >= 0.3 is 0 Å². The summed E-state index contributed by atoms with van der Waals surface area (Å²) >= 11 is 0. The van der Waals surface area contributed by atoms with Crippen LogP contribution in [0.1, 0.15) is 51.3 Å². The molecule has 2 atom stereocenters. The van der Waals surface area contributed by atoms with Gasteiger partial charge in [0.2, 0.25) is 0 Å². The maximum Gasteiger partial charge on any atom is 0.0864 e. The molecule has 1 aliphatic rings. The number of hydrogen-bond acceptors (Lipinski definition) is 4. The van der Waals surface area contributed by atoms with Crippen molar-refractivity contribution in [1.82, 2.24) is 15.3 Å². The van der Waals surface area contributed by atoms with Crippen LogP contribution in [0.15, 0.2) is 18.6 Å². The number of ether oxygens (including phenoxy) is 1. The van der Waals surface area contributed by atoms with Gasteiger partial charge in [-0.15, -0.1) is 0 Å². The second-order valence-electron chi connectivity index (χ2n) is 5.14. The van der Waals surface area contributed by atoms with Crippen molar-refractivity contribution in [3.63, 3.8) is 0 Å². The third kappa shape index (κ3) is 3.06. The van der Waals surface area contributed by atoms with E-state index in [0.29, 0.717) is 0 Å². The number of nitrogens with one attached hydrogen (secondary N) is 1. The molecule has 100 valence electrons. The molecule has 0 bridgehead atoms. The lowest BCUT2D eigenvalue weighted by Crippen LogP contribution is -2.46. The Morgan fingerprint density at radius 3 is 2.94 bits per heavy atom. The maximum atomic E-state index is 6.05. The molecule has 0 aromatic carbocycles. The first-order valence-corrected chi connectivity index (χ1v) is 6.89. The molecule has 2 rings (SSSR count). The summed E-state index contributed by atoms with van der Waals surface area (Å²) in [4.78, 5) is 8.63. The lowest BCUT2D eigenvalue weighted by Gasteiger charge is -2.40. The monoisotopic (exact) mass is 249 g/mol. The van der Waals surface area contributed by atoms with Crippen molar-refractivity contribution in [3.05, 3.63) is 24.3 Å². The van der Waals surface area contributed by atoms with Crippen LogP contribution in [0.4, 0.5) is 0 Å². The highest BCUT2D eigenvalue weighted by atomic mass is 16.5. The van der Waals surface area contributed by atoms with E-state index in [-0.39, 0.29) is 11.6 Å². The van der Waals surface area contributed by atoms with Gasteiger partial charge in [-0.3, -0.25) is 9.97 Å². The van der Waals surface area contributed by atoms with Gasteiger partial charge in [0, 0.05) is 19.0 Å².